The maximum Gasteiger partial charge on any atom is 0.305 e. The minimum atomic E-state index is -0.936. The summed E-state index contributed by atoms with van der Waals surface area (Å²) >= 11 is 6.19. The zero-order valence-corrected chi connectivity index (χ0v) is 23.1. The van der Waals surface area contributed by atoms with Crippen LogP contribution >= 0.6 is 11.6 Å². The van der Waals surface area contributed by atoms with Crippen LogP contribution in [0.2, 0.25) is 0 Å². The normalized spacial score (nSPS) is 19.6. The Labute approximate surface area is 223 Å². The SMILES string of the molecule is CCCCC[C@@H](/C=C/[C@H]1C=C(Cl)C(=O)[C@@H]1CC(OC(C)=O)C(CCCC(=O)OC)OC(C)=O)OC(C)=O. The lowest BCUT2D eigenvalue weighted by molar-refractivity contribution is -0.168. The third-order valence-corrected chi connectivity index (χ3v) is 6.28. The average Bonchev–Trinajstić information content (AvgIpc) is 3.08. The van der Waals surface area contributed by atoms with Crippen LogP contribution in [-0.4, -0.2) is 55.1 Å². The van der Waals surface area contributed by atoms with Crippen molar-refractivity contribution >= 4 is 41.3 Å². The number of hydrogen-bond donors (Lipinski definition) is 0. The lowest BCUT2D eigenvalue weighted by atomic mass is 9.86. The monoisotopic (exact) mass is 542 g/mol. The van der Waals surface area contributed by atoms with Crippen LogP contribution in [0.15, 0.2) is 23.3 Å². The molecule has 10 heteroatoms. The Balaban J connectivity index is 3.12. The average molecular weight is 543 g/mol. The molecule has 0 N–H and O–H groups in total. The van der Waals surface area contributed by atoms with Gasteiger partial charge in [0, 0.05) is 39.0 Å². The minimum absolute atomic E-state index is 0.0460. The van der Waals surface area contributed by atoms with Gasteiger partial charge in [0.15, 0.2) is 5.78 Å². The van der Waals surface area contributed by atoms with Crippen LogP contribution in [0.25, 0.3) is 0 Å². The van der Waals surface area contributed by atoms with E-state index in [0.29, 0.717) is 12.8 Å². The first-order valence-corrected chi connectivity index (χ1v) is 13.0. The second-order valence-electron chi connectivity index (χ2n) is 9.09. The van der Waals surface area contributed by atoms with Crippen LogP contribution in [-0.2, 0) is 42.9 Å². The van der Waals surface area contributed by atoms with Crippen molar-refractivity contribution in [1.82, 2.24) is 0 Å². The molecular formula is C27H39ClO9. The van der Waals surface area contributed by atoms with Crippen LogP contribution < -0.4 is 0 Å². The third-order valence-electron chi connectivity index (χ3n) is 5.97. The summed E-state index contributed by atoms with van der Waals surface area (Å²) in [4.78, 5) is 59.7. The van der Waals surface area contributed by atoms with Gasteiger partial charge in [-0.25, -0.2) is 0 Å². The van der Waals surface area contributed by atoms with E-state index in [1.54, 1.807) is 18.2 Å². The molecular weight excluding hydrogens is 504 g/mol. The number of ether oxygens (including phenoxy) is 4. The topological polar surface area (TPSA) is 122 Å². The van der Waals surface area contributed by atoms with Crippen LogP contribution in [0.5, 0.6) is 0 Å². The molecule has 0 fully saturated rings. The van der Waals surface area contributed by atoms with E-state index in [1.165, 1.54) is 27.9 Å². The molecule has 37 heavy (non-hydrogen) atoms. The molecule has 9 nitrogen and oxygen atoms in total. The lowest BCUT2D eigenvalue weighted by Gasteiger charge is -2.29. The smallest absolute Gasteiger partial charge is 0.305 e. The highest BCUT2D eigenvalue weighted by atomic mass is 35.5. The van der Waals surface area contributed by atoms with Gasteiger partial charge in [0.05, 0.1) is 12.1 Å². The molecule has 0 aromatic rings. The molecule has 0 aromatic carbocycles. The van der Waals surface area contributed by atoms with Crippen LogP contribution in [0.3, 0.4) is 0 Å². The fourth-order valence-corrected chi connectivity index (χ4v) is 4.54. The van der Waals surface area contributed by atoms with Gasteiger partial charge in [-0.2, -0.15) is 0 Å². The highest BCUT2D eigenvalue weighted by Gasteiger charge is 2.39. The van der Waals surface area contributed by atoms with Gasteiger partial charge >= 0.3 is 23.9 Å². The summed E-state index contributed by atoms with van der Waals surface area (Å²) < 4.78 is 21.0. The molecule has 2 unspecified atom stereocenters. The van der Waals surface area contributed by atoms with Gasteiger partial charge < -0.3 is 18.9 Å². The van der Waals surface area contributed by atoms with Crippen molar-refractivity contribution in [3.05, 3.63) is 23.3 Å². The Morgan fingerprint density at radius 1 is 0.946 bits per heavy atom. The maximum atomic E-state index is 12.9. The van der Waals surface area contributed by atoms with Crippen molar-refractivity contribution < 1.29 is 42.9 Å². The summed E-state index contributed by atoms with van der Waals surface area (Å²) in [5.41, 5.74) is 0. The molecule has 0 spiro atoms. The van der Waals surface area contributed by atoms with E-state index in [1.807, 2.05) is 0 Å². The number of halogens is 1. The molecule has 0 amide bonds. The highest BCUT2D eigenvalue weighted by Crippen LogP contribution is 2.36. The first-order chi connectivity index (χ1) is 17.5. The number of rotatable bonds is 16. The number of Topliss-reactive ketones (excluding diaryl/α,β-unsaturated/α-hetero) is 1. The van der Waals surface area contributed by atoms with E-state index >= 15 is 0 Å². The number of unbranched alkanes of at least 4 members (excludes halogenated alkanes) is 2. The third kappa shape index (κ3) is 12.4. The van der Waals surface area contributed by atoms with Crippen LogP contribution in [0, 0.1) is 11.8 Å². The van der Waals surface area contributed by atoms with Crippen molar-refractivity contribution in [3.8, 4) is 0 Å². The van der Waals surface area contributed by atoms with Gasteiger partial charge in [-0.15, -0.1) is 0 Å². The first kappa shape index (κ1) is 32.3. The zero-order chi connectivity index (χ0) is 28.0. The summed E-state index contributed by atoms with van der Waals surface area (Å²) in [7, 11) is 1.28. The Hall–Kier alpha value is -2.68. The van der Waals surface area contributed by atoms with Crippen molar-refractivity contribution in [2.24, 2.45) is 11.8 Å². The van der Waals surface area contributed by atoms with Crippen LogP contribution in [0.4, 0.5) is 0 Å². The summed E-state index contributed by atoms with van der Waals surface area (Å²) in [6.45, 7) is 5.89. The summed E-state index contributed by atoms with van der Waals surface area (Å²) in [6, 6.07) is 0. The van der Waals surface area contributed by atoms with E-state index < -0.39 is 54.0 Å². The van der Waals surface area contributed by atoms with Gasteiger partial charge in [0.2, 0.25) is 0 Å². The zero-order valence-electron chi connectivity index (χ0n) is 22.3. The second-order valence-corrected chi connectivity index (χ2v) is 9.50. The summed E-state index contributed by atoms with van der Waals surface area (Å²) in [6.07, 6.45) is 7.15. The predicted molar refractivity (Wildman–Crippen MR) is 136 cm³/mol. The summed E-state index contributed by atoms with van der Waals surface area (Å²) in [5.74, 6) is -3.43. The number of hydrogen-bond acceptors (Lipinski definition) is 9. The van der Waals surface area contributed by atoms with Gasteiger partial charge in [-0.1, -0.05) is 43.5 Å². The Bertz CT molecular complexity index is 864. The molecule has 0 saturated heterocycles. The van der Waals surface area contributed by atoms with Crippen molar-refractivity contribution in [2.75, 3.05) is 7.11 Å². The highest BCUT2D eigenvalue weighted by molar-refractivity contribution is 6.43. The standard InChI is InChI=1S/C27H39ClO9/c1-6-7-8-10-21(35-17(2)29)14-13-20-15-23(28)27(33)22(20)16-25(37-19(4)31)24(36-18(3)30)11-9-12-26(32)34-5/h13-15,20-22,24-25H,6-12,16H2,1-5H3/b14-13+/t20-,21-,22+,24?,25?/m0/s1. The molecule has 0 aromatic heterocycles. The number of methoxy groups -OCH3 is 1. The van der Waals surface area contributed by atoms with E-state index in [0.717, 1.165) is 19.3 Å². The molecule has 1 aliphatic rings. The molecule has 1 aliphatic carbocycles. The van der Waals surface area contributed by atoms with E-state index in [9.17, 15) is 24.0 Å². The van der Waals surface area contributed by atoms with Gasteiger partial charge in [-0.3, -0.25) is 24.0 Å². The molecule has 208 valence electrons. The van der Waals surface area contributed by atoms with Crippen molar-refractivity contribution in [1.29, 1.82) is 0 Å². The lowest BCUT2D eigenvalue weighted by Crippen LogP contribution is -2.38. The molecule has 1 rings (SSSR count). The van der Waals surface area contributed by atoms with E-state index in [4.69, 9.17) is 25.8 Å². The van der Waals surface area contributed by atoms with Gasteiger partial charge in [0.1, 0.15) is 18.3 Å². The molecule has 0 heterocycles. The van der Waals surface area contributed by atoms with Gasteiger partial charge in [-0.05, 0) is 38.2 Å². The molecule has 0 aliphatic heterocycles. The number of allylic oxidation sites excluding steroid dienone is 3. The van der Waals surface area contributed by atoms with E-state index in [-0.39, 0.29) is 30.1 Å². The fourth-order valence-electron chi connectivity index (χ4n) is 4.25. The molecule has 0 radical (unpaired) electrons. The van der Waals surface area contributed by atoms with Crippen molar-refractivity contribution in [2.45, 2.75) is 97.4 Å². The Morgan fingerprint density at radius 2 is 1.57 bits per heavy atom. The van der Waals surface area contributed by atoms with E-state index in [2.05, 4.69) is 11.7 Å². The number of esters is 4. The maximum absolute atomic E-state index is 12.9. The molecule has 0 saturated carbocycles. The molecule has 5 atom stereocenters. The number of ketones is 1. The number of carbonyl (C=O) groups is 5. The predicted octanol–water partition coefficient (Wildman–Crippen LogP) is 4.59. The Morgan fingerprint density at radius 3 is 2.14 bits per heavy atom. The van der Waals surface area contributed by atoms with Gasteiger partial charge in [0.25, 0.3) is 0 Å². The largest absolute Gasteiger partial charge is 0.469 e. The van der Waals surface area contributed by atoms with Crippen molar-refractivity contribution in [3.63, 3.8) is 0 Å². The Kier molecular flexibility index (Phi) is 14.8. The summed E-state index contributed by atoms with van der Waals surface area (Å²) in [5, 5.41) is 0.0611. The minimum Gasteiger partial charge on any atom is -0.469 e. The quantitative estimate of drug-likeness (QED) is 0.119. The van der Waals surface area contributed by atoms with Crippen LogP contribution in [0.1, 0.15) is 79.1 Å². The first-order valence-electron chi connectivity index (χ1n) is 12.7. The molecule has 0 bridgehead atoms. The second kappa shape index (κ2) is 16.9. The fraction of sp³-hybridized carbons (Fsp3) is 0.667. The number of carbonyl (C=O) groups excluding carboxylic acids is 5.